The van der Waals surface area contributed by atoms with E-state index in [9.17, 15) is 9.59 Å². The number of urea groups is 1. The van der Waals surface area contributed by atoms with Crippen molar-refractivity contribution in [2.45, 2.75) is 50.4 Å². The largest absolute Gasteiger partial charge is 0.335 e. The summed E-state index contributed by atoms with van der Waals surface area (Å²) in [5.74, 6) is 0.264. The van der Waals surface area contributed by atoms with Gasteiger partial charge in [0.25, 0.3) is 0 Å². The van der Waals surface area contributed by atoms with Crippen molar-refractivity contribution in [2.24, 2.45) is 5.92 Å². The molecule has 1 aromatic carbocycles. The summed E-state index contributed by atoms with van der Waals surface area (Å²) in [6, 6.07) is 7.58. The number of nitrogens with zero attached hydrogens (tertiary/aromatic N) is 2. The average molecular weight is 387 g/mol. The van der Waals surface area contributed by atoms with E-state index in [1.54, 1.807) is 6.08 Å². The highest BCUT2D eigenvalue weighted by Crippen LogP contribution is 2.25. The Labute approximate surface area is 163 Å². The van der Waals surface area contributed by atoms with E-state index in [1.807, 2.05) is 28.8 Å². The zero-order chi connectivity index (χ0) is 19.2. The predicted molar refractivity (Wildman–Crippen MR) is 109 cm³/mol. The van der Waals surface area contributed by atoms with Gasteiger partial charge in [-0.1, -0.05) is 49.7 Å². The van der Waals surface area contributed by atoms with Crippen LogP contribution in [0.2, 0.25) is 0 Å². The first kappa shape index (κ1) is 19.5. The molecule has 2 atom stereocenters. The highest BCUT2D eigenvalue weighted by atomic mass is 32.2. The van der Waals surface area contributed by atoms with Crippen LogP contribution in [0.3, 0.4) is 0 Å². The van der Waals surface area contributed by atoms with Gasteiger partial charge in [0.1, 0.15) is 0 Å². The van der Waals surface area contributed by atoms with E-state index in [2.05, 4.69) is 29.1 Å². The van der Waals surface area contributed by atoms with Gasteiger partial charge < -0.3 is 9.88 Å². The van der Waals surface area contributed by atoms with Crippen molar-refractivity contribution in [3.63, 3.8) is 0 Å². The second-order valence-corrected chi connectivity index (χ2v) is 7.90. The van der Waals surface area contributed by atoms with Crippen LogP contribution in [0.15, 0.2) is 42.1 Å². The van der Waals surface area contributed by atoms with Gasteiger partial charge in [0, 0.05) is 12.6 Å². The number of amides is 3. The van der Waals surface area contributed by atoms with E-state index in [-0.39, 0.29) is 17.7 Å². The number of allylic oxidation sites excluding steroid dienone is 1. The van der Waals surface area contributed by atoms with E-state index in [0.29, 0.717) is 12.5 Å². The third-order valence-electron chi connectivity index (χ3n) is 4.94. The Kier molecular flexibility index (Phi) is 6.55. The number of hydrogen-bond donors (Lipinski definition) is 2. The maximum absolute atomic E-state index is 12.2. The molecule has 7 heteroatoms. The first-order valence-electron chi connectivity index (χ1n) is 9.37. The van der Waals surface area contributed by atoms with Crippen LogP contribution in [0, 0.1) is 5.92 Å². The normalized spacial score (nSPS) is 19.6. The van der Waals surface area contributed by atoms with Crippen LogP contribution in [0.1, 0.15) is 32.6 Å². The van der Waals surface area contributed by atoms with Gasteiger partial charge >= 0.3 is 6.03 Å². The molecule has 1 fully saturated rings. The van der Waals surface area contributed by atoms with Crippen molar-refractivity contribution in [2.75, 3.05) is 5.75 Å². The first-order chi connectivity index (χ1) is 13.1. The summed E-state index contributed by atoms with van der Waals surface area (Å²) < 4.78 is 2.02. The molecule has 1 aromatic heterocycles. The number of thioether (sulfide) groups is 1. The number of carbonyl (C=O) groups is 2. The van der Waals surface area contributed by atoms with Gasteiger partial charge in [0.05, 0.1) is 16.8 Å². The molecule has 1 aliphatic rings. The lowest BCUT2D eigenvalue weighted by Gasteiger charge is -2.29. The van der Waals surface area contributed by atoms with Crippen molar-refractivity contribution in [3.8, 4) is 0 Å². The van der Waals surface area contributed by atoms with Crippen LogP contribution < -0.4 is 10.6 Å². The molecular weight excluding hydrogens is 360 g/mol. The molecule has 3 rings (SSSR count). The van der Waals surface area contributed by atoms with Gasteiger partial charge in [0.2, 0.25) is 5.91 Å². The number of benzene rings is 1. The number of imidazole rings is 1. The van der Waals surface area contributed by atoms with Crippen LogP contribution in [-0.4, -0.2) is 33.3 Å². The molecule has 0 radical (unpaired) electrons. The van der Waals surface area contributed by atoms with E-state index < -0.39 is 6.03 Å². The topological polar surface area (TPSA) is 76.0 Å². The first-order valence-corrected chi connectivity index (χ1v) is 10.4. The van der Waals surface area contributed by atoms with E-state index in [1.165, 1.54) is 18.2 Å². The Morgan fingerprint density at radius 3 is 2.89 bits per heavy atom. The van der Waals surface area contributed by atoms with Gasteiger partial charge in [-0.3, -0.25) is 10.1 Å². The molecule has 1 saturated carbocycles. The Morgan fingerprint density at radius 2 is 2.11 bits per heavy atom. The number of rotatable bonds is 6. The van der Waals surface area contributed by atoms with E-state index >= 15 is 0 Å². The average Bonchev–Trinajstić information content (AvgIpc) is 3.00. The van der Waals surface area contributed by atoms with Crippen molar-refractivity contribution in [1.82, 2.24) is 20.2 Å². The van der Waals surface area contributed by atoms with Crippen molar-refractivity contribution in [1.29, 1.82) is 0 Å². The number of nitrogens with one attached hydrogen (secondary N) is 2. The second-order valence-electron chi connectivity index (χ2n) is 6.96. The molecular formula is C20H26N4O2S. The molecule has 0 spiro atoms. The molecule has 2 N–H and O–H groups in total. The standard InChI is InChI=1S/C20H26N4O2S/c1-3-12-24-17-11-7-6-10-16(17)22-20(24)27-13-18(25)23-19(26)21-15-9-5-4-8-14(15)2/h3,6-7,10-11,14-15H,1,4-5,8-9,12-13H2,2H3,(H2,21,23,25,26). The molecule has 27 heavy (non-hydrogen) atoms. The zero-order valence-corrected chi connectivity index (χ0v) is 16.4. The van der Waals surface area contributed by atoms with Gasteiger partial charge in [-0.05, 0) is 30.9 Å². The Hall–Kier alpha value is -2.28. The van der Waals surface area contributed by atoms with Gasteiger partial charge in [0.15, 0.2) is 5.16 Å². The maximum Gasteiger partial charge on any atom is 0.321 e. The monoisotopic (exact) mass is 386 g/mol. The minimum Gasteiger partial charge on any atom is -0.335 e. The molecule has 1 heterocycles. The Bertz CT molecular complexity index is 832. The molecule has 2 unspecified atom stereocenters. The summed E-state index contributed by atoms with van der Waals surface area (Å²) in [4.78, 5) is 28.9. The minimum absolute atomic E-state index is 0.133. The second kappa shape index (κ2) is 9.08. The van der Waals surface area contributed by atoms with Crippen LogP contribution in [-0.2, 0) is 11.3 Å². The Morgan fingerprint density at radius 1 is 1.33 bits per heavy atom. The predicted octanol–water partition coefficient (Wildman–Crippen LogP) is 3.72. The fourth-order valence-corrected chi connectivity index (χ4v) is 4.32. The lowest BCUT2D eigenvalue weighted by atomic mass is 9.86. The fraction of sp³-hybridized carbons (Fsp3) is 0.450. The van der Waals surface area contributed by atoms with Crippen LogP contribution in [0.4, 0.5) is 4.79 Å². The van der Waals surface area contributed by atoms with Crippen molar-refractivity contribution < 1.29 is 9.59 Å². The molecule has 0 saturated heterocycles. The van der Waals surface area contributed by atoms with Crippen LogP contribution in [0.5, 0.6) is 0 Å². The van der Waals surface area contributed by atoms with Crippen molar-refractivity contribution >= 4 is 34.7 Å². The smallest absolute Gasteiger partial charge is 0.321 e. The summed E-state index contributed by atoms with van der Waals surface area (Å²) in [6.45, 7) is 6.55. The fourth-order valence-electron chi connectivity index (χ4n) is 3.50. The third-order valence-corrected chi connectivity index (χ3v) is 5.92. The number of aromatic nitrogens is 2. The summed E-state index contributed by atoms with van der Waals surface area (Å²) in [5.41, 5.74) is 1.88. The van der Waals surface area contributed by atoms with Crippen LogP contribution >= 0.6 is 11.8 Å². The number of para-hydroxylation sites is 2. The SMILES string of the molecule is C=CCn1c(SCC(=O)NC(=O)NC2CCCCC2C)nc2ccccc21. The number of hydrogen-bond acceptors (Lipinski definition) is 4. The number of carbonyl (C=O) groups excluding carboxylic acids is 2. The number of fused-ring (bicyclic) bond motifs is 1. The molecule has 144 valence electrons. The minimum atomic E-state index is -0.404. The summed E-state index contributed by atoms with van der Waals surface area (Å²) in [6.07, 6.45) is 6.23. The lowest BCUT2D eigenvalue weighted by Crippen LogP contribution is -2.48. The lowest BCUT2D eigenvalue weighted by molar-refractivity contribution is -0.117. The van der Waals surface area contributed by atoms with Gasteiger partial charge in [-0.15, -0.1) is 6.58 Å². The summed E-state index contributed by atoms with van der Waals surface area (Å²) in [7, 11) is 0. The summed E-state index contributed by atoms with van der Waals surface area (Å²) in [5, 5.41) is 6.12. The molecule has 3 amide bonds. The quantitative estimate of drug-likeness (QED) is 0.586. The van der Waals surface area contributed by atoms with E-state index in [0.717, 1.165) is 35.5 Å². The molecule has 0 bridgehead atoms. The van der Waals surface area contributed by atoms with Gasteiger partial charge in [-0.2, -0.15) is 0 Å². The molecule has 6 nitrogen and oxygen atoms in total. The molecule has 0 aliphatic heterocycles. The molecule has 1 aliphatic carbocycles. The number of imide groups is 1. The van der Waals surface area contributed by atoms with Gasteiger partial charge in [-0.25, -0.2) is 9.78 Å². The summed E-state index contributed by atoms with van der Waals surface area (Å²) >= 11 is 1.32. The Balaban J connectivity index is 1.56. The zero-order valence-electron chi connectivity index (χ0n) is 15.6. The highest BCUT2D eigenvalue weighted by molar-refractivity contribution is 7.99. The molecule has 2 aromatic rings. The maximum atomic E-state index is 12.2. The van der Waals surface area contributed by atoms with E-state index in [4.69, 9.17) is 0 Å². The third kappa shape index (κ3) is 4.91. The van der Waals surface area contributed by atoms with Crippen LogP contribution in [0.25, 0.3) is 11.0 Å². The van der Waals surface area contributed by atoms with Crippen molar-refractivity contribution in [3.05, 3.63) is 36.9 Å². The highest BCUT2D eigenvalue weighted by Gasteiger charge is 2.23.